The number of benzene rings is 2. The van der Waals surface area contributed by atoms with Gasteiger partial charge in [-0.05, 0) is 69.0 Å². The standard InChI is InChI=1S/C23H27N5O3S/c1-15-7-8-21(13-16(15)2)32(30,31)28-11-9-18(10-12-28)23(29)25-20-6-4-5-19(14-20)22-24-17(3)26-27-22/h4-8,13-14,18H,9-12H2,1-3H3,(H,25,29)(H,24,26,27). The molecule has 32 heavy (non-hydrogen) atoms. The van der Waals surface area contributed by atoms with E-state index in [4.69, 9.17) is 0 Å². The Labute approximate surface area is 188 Å². The number of aryl methyl sites for hydroxylation is 3. The average Bonchev–Trinajstić information content (AvgIpc) is 3.22. The second-order valence-corrected chi connectivity index (χ2v) is 10.2. The minimum absolute atomic E-state index is 0.100. The molecule has 9 heteroatoms. The molecule has 168 valence electrons. The molecule has 1 aliphatic heterocycles. The van der Waals surface area contributed by atoms with Crippen molar-refractivity contribution in [2.45, 2.75) is 38.5 Å². The van der Waals surface area contributed by atoms with E-state index in [2.05, 4.69) is 20.5 Å². The van der Waals surface area contributed by atoms with Crippen LogP contribution in [0.3, 0.4) is 0 Å². The molecule has 0 saturated carbocycles. The molecule has 1 saturated heterocycles. The van der Waals surface area contributed by atoms with E-state index < -0.39 is 10.0 Å². The lowest BCUT2D eigenvalue weighted by atomic mass is 9.97. The minimum Gasteiger partial charge on any atom is -0.326 e. The van der Waals surface area contributed by atoms with Crippen LogP contribution in [0.15, 0.2) is 47.4 Å². The van der Waals surface area contributed by atoms with Gasteiger partial charge in [-0.2, -0.15) is 9.40 Å². The first kappa shape index (κ1) is 22.2. The number of sulfonamides is 1. The van der Waals surface area contributed by atoms with Crippen LogP contribution in [0.4, 0.5) is 5.69 Å². The number of nitrogens with zero attached hydrogens (tertiary/aromatic N) is 3. The zero-order valence-corrected chi connectivity index (χ0v) is 19.2. The number of carbonyl (C=O) groups excluding carboxylic acids is 1. The molecular formula is C23H27N5O3S. The first-order valence-electron chi connectivity index (χ1n) is 10.6. The molecular weight excluding hydrogens is 426 g/mol. The third-order valence-corrected chi connectivity index (χ3v) is 7.82. The van der Waals surface area contributed by atoms with Gasteiger partial charge in [0, 0.05) is 30.3 Å². The van der Waals surface area contributed by atoms with E-state index in [-0.39, 0.29) is 11.8 Å². The number of nitrogens with one attached hydrogen (secondary N) is 2. The molecule has 2 N–H and O–H groups in total. The van der Waals surface area contributed by atoms with Crippen molar-refractivity contribution >= 4 is 21.6 Å². The molecule has 0 radical (unpaired) electrons. The number of rotatable bonds is 5. The van der Waals surface area contributed by atoms with Crippen molar-refractivity contribution in [1.29, 1.82) is 0 Å². The summed E-state index contributed by atoms with van der Waals surface area (Å²) in [4.78, 5) is 17.4. The van der Waals surface area contributed by atoms with E-state index in [0.29, 0.717) is 42.3 Å². The molecule has 2 aromatic carbocycles. The minimum atomic E-state index is -3.56. The Morgan fingerprint density at radius 1 is 1.06 bits per heavy atom. The van der Waals surface area contributed by atoms with Crippen molar-refractivity contribution in [2.75, 3.05) is 18.4 Å². The summed E-state index contributed by atoms with van der Waals surface area (Å²) in [7, 11) is -3.56. The highest BCUT2D eigenvalue weighted by molar-refractivity contribution is 7.89. The van der Waals surface area contributed by atoms with Gasteiger partial charge >= 0.3 is 0 Å². The van der Waals surface area contributed by atoms with Gasteiger partial charge in [0.1, 0.15) is 5.82 Å². The lowest BCUT2D eigenvalue weighted by molar-refractivity contribution is -0.120. The van der Waals surface area contributed by atoms with Crippen molar-refractivity contribution in [2.24, 2.45) is 5.92 Å². The third kappa shape index (κ3) is 4.58. The molecule has 0 atom stereocenters. The zero-order chi connectivity index (χ0) is 22.9. The van der Waals surface area contributed by atoms with E-state index >= 15 is 0 Å². The summed E-state index contributed by atoms with van der Waals surface area (Å²) in [5.41, 5.74) is 3.48. The van der Waals surface area contributed by atoms with Crippen molar-refractivity contribution in [3.05, 3.63) is 59.4 Å². The number of piperidine rings is 1. The quantitative estimate of drug-likeness (QED) is 0.615. The molecule has 0 spiro atoms. The maximum atomic E-state index is 13.0. The van der Waals surface area contributed by atoms with Crippen LogP contribution in [0.1, 0.15) is 29.8 Å². The van der Waals surface area contributed by atoms with E-state index in [0.717, 1.165) is 22.5 Å². The molecule has 0 aliphatic carbocycles. The van der Waals surface area contributed by atoms with Gasteiger partial charge in [-0.1, -0.05) is 18.2 Å². The fourth-order valence-corrected chi connectivity index (χ4v) is 5.39. The molecule has 1 amide bonds. The molecule has 4 rings (SSSR count). The van der Waals surface area contributed by atoms with Crippen LogP contribution in [-0.4, -0.2) is 46.9 Å². The maximum absolute atomic E-state index is 13.0. The first-order valence-corrected chi connectivity index (χ1v) is 12.1. The van der Waals surface area contributed by atoms with Crippen LogP contribution in [0, 0.1) is 26.7 Å². The van der Waals surface area contributed by atoms with Crippen LogP contribution < -0.4 is 5.32 Å². The second kappa shape index (κ2) is 8.84. The maximum Gasteiger partial charge on any atom is 0.243 e. The number of aromatic nitrogens is 3. The predicted molar refractivity (Wildman–Crippen MR) is 123 cm³/mol. The SMILES string of the molecule is Cc1nc(-c2cccc(NC(=O)C3CCN(S(=O)(=O)c4ccc(C)c(C)c4)CC3)c2)n[nH]1. The molecule has 8 nitrogen and oxygen atoms in total. The predicted octanol–water partition coefficient (Wildman–Crippen LogP) is 3.44. The van der Waals surface area contributed by atoms with Gasteiger partial charge in [-0.25, -0.2) is 13.4 Å². The molecule has 3 aromatic rings. The molecule has 1 aliphatic rings. The van der Waals surface area contributed by atoms with Gasteiger partial charge in [-0.3, -0.25) is 9.89 Å². The van der Waals surface area contributed by atoms with Crippen LogP contribution in [0.2, 0.25) is 0 Å². The second-order valence-electron chi connectivity index (χ2n) is 8.24. The van der Waals surface area contributed by atoms with Crippen LogP contribution >= 0.6 is 0 Å². The Morgan fingerprint density at radius 3 is 2.47 bits per heavy atom. The van der Waals surface area contributed by atoms with Crippen LogP contribution in [0.25, 0.3) is 11.4 Å². The van der Waals surface area contributed by atoms with E-state index in [1.807, 2.05) is 51.1 Å². The third-order valence-electron chi connectivity index (χ3n) is 5.93. The summed E-state index contributed by atoms with van der Waals surface area (Å²) in [5, 5.41) is 9.92. The van der Waals surface area contributed by atoms with Gasteiger partial charge in [0.15, 0.2) is 5.82 Å². The van der Waals surface area contributed by atoms with Gasteiger partial charge in [-0.15, -0.1) is 0 Å². The Hall–Kier alpha value is -3.04. The summed E-state index contributed by atoms with van der Waals surface area (Å²) in [6, 6.07) is 12.6. The van der Waals surface area contributed by atoms with Crippen molar-refractivity contribution in [3.8, 4) is 11.4 Å². The first-order chi connectivity index (χ1) is 15.2. The summed E-state index contributed by atoms with van der Waals surface area (Å²) < 4.78 is 27.5. The topological polar surface area (TPSA) is 108 Å². The fourth-order valence-electron chi connectivity index (χ4n) is 3.83. The molecule has 1 aromatic heterocycles. The average molecular weight is 454 g/mol. The molecule has 1 fully saturated rings. The normalized spacial score (nSPS) is 15.6. The van der Waals surface area contributed by atoms with Gasteiger partial charge in [0.25, 0.3) is 0 Å². The Morgan fingerprint density at radius 2 is 1.81 bits per heavy atom. The van der Waals surface area contributed by atoms with Gasteiger partial charge in [0.2, 0.25) is 15.9 Å². The van der Waals surface area contributed by atoms with Crippen LogP contribution in [0.5, 0.6) is 0 Å². The fraction of sp³-hybridized carbons (Fsp3) is 0.348. The van der Waals surface area contributed by atoms with Gasteiger partial charge in [0.05, 0.1) is 4.90 Å². The number of hydrogen-bond acceptors (Lipinski definition) is 5. The molecule has 0 unspecified atom stereocenters. The zero-order valence-electron chi connectivity index (χ0n) is 18.4. The van der Waals surface area contributed by atoms with Crippen molar-refractivity contribution in [1.82, 2.24) is 19.5 Å². The van der Waals surface area contributed by atoms with Crippen LogP contribution in [-0.2, 0) is 14.8 Å². The van der Waals surface area contributed by atoms with Crippen molar-refractivity contribution < 1.29 is 13.2 Å². The summed E-state index contributed by atoms with van der Waals surface area (Å²) in [5.74, 6) is 0.951. The summed E-state index contributed by atoms with van der Waals surface area (Å²) >= 11 is 0. The van der Waals surface area contributed by atoms with E-state index in [1.165, 1.54) is 4.31 Å². The molecule has 2 heterocycles. The highest BCUT2D eigenvalue weighted by Gasteiger charge is 2.32. The van der Waals surface area contributed by atoms with E-state index in [1.54, 1.807) is 12.1 Å². The Bertz CT molecular complexity index is 1240. The number of carbonyl (C=O) groups is 1. The lowest BCUT2D eigenvalue weighted by Crippen LogP contribution is -2.41. The highest BCUT2D eigenvalue weighted by atomic mass is 32.2. The smallest absolute Gasteiger partial charge is 0.243 e. The summed E-state index contributed by atoms with van der Waals surface area (Å²) in [6.07, 6.45) is 0.964. The highest BCUT2D eigenvalue weighted by Crippen LogP contribution is 2.26. The van der Waals surface area contributed by atoms with Gasteiger partial charge < -0.3 is 5.32 Å². The largest absolute Gasteiger partial charge is 0.326 e. The Balaban J connectivity index is 1.39. The molecule has 0 bridgehead atoms. The monoisotopic (exact) mass is 453 g/mol. The number of anilines is 1. The number of H-pyrrole nitrogens is 1. The number of aromatic amines is 1. The lowest BCUT2D eigenvalue weighted by Gasteiger charge is -2.30. The summed E-state index contributed by atoms with van der Waals surface area (Å²) in [6.45, 7) is 6.34. The van der Waals surface area contributed by atoms with Crippen molar-refractivity contribution in [3.63, 3.8) is 0 Å². The number of hydrogen-bond donors (Lipinski definition) is 2. The number of amides is 1. The Kier molecular flexibility index (Phi) is 6.12. The van der Waals surface area contributed by atoms with E-state index in [9.17, 15) is 13.2 Å².